The molecule has 4 rings (SSSR count). The molecule has 0 spiro atoms. The summed E-state index contributed by atoms with van der Waals surface area (Å²) in [6.07, 6.45) is 2.96. The quantitative estimate of drug-likeness (QED) is 0.291. The molecule has 0 N–H and O–H groups in total. The number of imidazole rings is 1. The number of ether oxygens (including phenoxy) is 2. The Bertz CT molecular complexity index is 1120. The Morgan fingerprint density at radius 2 is 1.74 bits per heavy atom. The molecule has 4 nitrogen and oxygen atoms in total. The van der Waals surface area contributed by atoms with E-state index in [1.165, 1.54) is 0 Å². The third-order valence-electron chi connectivity index (χ3n) is 5.21. The van der Waals surface area contributed by atoms with Crippen molar-refractivity contribution in [1.29, 1.82) is 0 Å². The van der Waals surface area contributed by atoms with Crippen LogP contribution >= 0.6 is 0 Å². The highest BCUT2D eigenvalue weighted by atomic mass is 16.5. The first kappa shape index (κ1) is 21.0. The first-order chi connectivity index (χ1) is 15.3. The highest BCUT2D eigenvalue weighted by molar-refractivity contribution is 5.82. The van der Waals surface area contributed by atoms with Crippen LogP contribution in [-0.4, -0.2) is 16.2 Å². The van der Waals surface area contributed by atoms with Gasteiger partial charge in [-0.3, -0.25) is 0 Å². The zero-order valence-corrected chi connectivity index (χ0v) is 18.1. The largest absolute Gasteiger partial charge is 0.494 e. The summed E-state index contributed by atoms with van der Waals surface area (Å²) in [7, 11) is 0. The van der Waals surface area contributed by atoms with Gasteiger partial charge < -0.3 is 14.0 Å². The van der Waals surface area contributed by atoms with Crippen molar-refractivity contribution < 1.29 is 9.47 Å². The number of hydrogen-bond donors (Lipinski definition) is 0. The minimum atomic E-state index is 0.545. The Hall–Kier alpha value is -3.27. The van der Waals surface area contributed by atoms with Gasteiger partial charge in [0.1, 0.15) is 23.9 Å². The molecular formula is C27H29N2O2. The molecular weight excluding hydrogens is 384 g/mol. The molecule has 0 amide bonds. The SMILES string of the molecule is [CH2]CCOc1ccc2nc(-c3cccc(OCc4ccccc4)c3)n(CCCC)c2c1. The topological polar surface area (TPSA) is 36.3 Å². The lowest BCUT2D eigenvalue weighted by atomic mass is 10.2. The highest BCUT2D eigenvalue weighted by Crippen LogP contribution is 2.30. The summed E-state index contributed by atoms with van der Waals surface area (Å²) >= 11 is 0. The Morgan fingerprint density at radius 3 is 2.55 bits per heavy atom. The average Bonchev–Trinajstić information content (AvgIpc) is 3.18. The Morgan fingerprint density at radius 1 is 0.903 bits per heavy atom. The lowest BCUT2D eigenvalue weighted by Crippen LogP contribution is -2.02. The van der Waals surface area contributed by atoms with Gasteiger partial charge in [-0.1, -0.05) is 55.8 Å². The molecule has 31 heavy (non-hydrogen) atoms. The second-order valence-corrected chi connectivity index (χ2v) is 7.60. The van der Waals surface area contributed by atoms with Gasteiger partial charge >= 0.3 is 0 Å². The Balaban J connectivity index is 1.65. The molecule has 0 unspecified atom stereocenters. The van der Waals surface area contributed by atoms with Crippen LogP contribution in [-0.2, 0) is 13.2 Å². The van der Waals surface area contributed by atoms with Crippen molar-refractivity contribution in [3.05, 3.63) is 85.3 Å². The molecule has 1 aromatic heterocycles. The molecule has 4 aromatic rings. The van der Waals surface area contributed by atoms with Crippen molar-refractivity contribution in [3.8, 4) is 22.9 Å². The average molecular weight is 414 g/mol. The molecule has 0 aliphatic rings. The van der Waals surface area contributed by atoms with Gasteiger partial charge in [0.15, 0.2) is 0 Å². The van der Waals surface area contributed by atoms with Crippen LogP contribution in [0.3, 0.4) is 0 Å². The second-order valence-electron chi connectivity index (χ2n) is 7.60. The number of aromatic nitrogens is 2. The van der Waals surface area contributed by atoms with E-state index in [2.05, 4.69) is 48.7 Å². The minimum absolute atomic E-state index is 0.545. The normalized spacial score (nSPS) is 11.0. The van der Waals surface area contributed by atoms with E-state index in [-0.39, 0.29) is 0 Å². The number of hydrogen-bond acceptors (Lipinski definition) is 3. The summed E-state index contributed by atoms with van der Waals surface area (Å²) in [6.45, 7) is 8.13. The summed E-state index contributed by atoms with van der Waals surface area (Å²) in [5.74, 6) is 2.66. The summed E-state index contributed by atoms with van der Waals surface area (Å²) in [5.41, 5.74) is 4.28. The smallest absolute Gasteiger partial charge is 0.141 e. The first-order valence-electron chi connectivity index (χ1n) is 11.0. The number of nitrogens with zero attached hydrogens (tertiary/aromatic N) is 2. The van der Waals surface area contributed by atoms with E-state index in [9.17, 15) is 0 Å². The van der Waals surface area contributed by atoms with Crippen LogP contribution < -0.4 is 9.47 Å². The number of unbranched alkanes of at least 4 members (excludes halogenated alkanes) is 1. The predicted molar refractivity (Wildman–Crippen MR) is 126 cm³/mol. The van der Waals surface area contributed by atoms with Crippen molar-refractivity contribution in [1.82, 2.24) is 9.55 Å². The molecule has 1 heterocycles. The van der Waals surface area contributed by atoms with Crippen molar-refractivity contribution in [2.24, 2.45) is 0 Å². The van der Waals surface area contributed by atoms with Gasteiger partial charge in [0.25, 0.3) is 0 Å². The maximum atomic E-state index is 6.05. The van der Waals surface area contributed by atoms with Crippen molar-refractivity contribution in [3.63, 3.8) is 0 Å². The first-order valence-corrected chi connectivity index (χ1v) is 11.0. The summed E-state index contributed by atoms with van der Waals surface area (Å²) in [4.78, 5) is 4.96. The maximum absolute atomic E-state index is 6.05. The summed E-state index contributed by atoms with van der Waals surface area (Å²) in [6, 6.07) is 24.5. The third kappa shape index (κ3) is 5.08. The molecule has 0 fully saturated rings. The van der Waals surface area contributed by atoms with E-state index in [1.54, 1.807) is 0 Å². The van der Waals surface area contributed by atoms with Crippen LogP contribution in [0.1, 0.15) is 31.7 Å². The fraction of sp³-hybridized carbons (Fsp3) is 0.259. The fourth-order valence-electron chi connectivity index (χ4n) is 3.61. The van der Waals surface area contributed by atoms with Gasteiger partial charge in [-0.15, -0.1) is 0 Å². The monoisotopic (exact) mass is 413 g/mol. The van der Waals surface area contributed by atoms with Gasteiger partial charge in [0.05, 0.1) is 17.6 Å². The molecule has 159 valence electrons. The van der Waals surface area contributed by atoms with Gasteiger partial charge in [-0.2, -0.15) is 0 Å². The molecule has 0 saturated heterocycles. The van der Waals surface area contributed by atoms with E-state index in [1.807, 2.05) is 42.5 Å². The predicted octanol–water partition coefficient (Wildman–Crippen LogP) is 6.69. The van der Waals surface area contributed by atoms with Gasteiger partial charge in [0, 0.05) is 18.2 Å². The van der Waals surface area contributed by atoms with Gasteiger partial charge in [0.2, 0.25) is 0 Å². The Kier molecular flexibility index (Phi) is 6.88. The number of fused-ring (bicyclic) bond motifs is 1. The van der Waals surface area contributed by atoms with E-state index in [4.69, 9.17) is 14.5 Å². The van der Waals surface area contributed by atoms with Crippen LogP contribution in [0, 0.1) is 6.92 Å². The van der Waals surface area contributed by atoms with Crippen LogP contribution in [0.2, 0.25) is 0 Å². The van der Waals surface area contributed by atoms with E-state index < -0.39 is 0 Å². The van der Waals surface area contributed by atoms with Gasteiger partial charge in [-0.25, -0.2) is 4.98 Å². The van der Waals surface area contributed by atoms with E-state index in [0.717, 1.165) is 65.3 Å². The molecule has 3 aromatic carbocycles. The van der Waals surface area contributed by atoms with Crippen molar-refractivity contribution in [2.75, 3.05) is 6.61 Å². The lowest BCUT2D eigenvalue weighted by Gasteiger charge is -2.11. The summed E-state index contributed by atoms with van der Waals surface area (Å²) < 4.78 is 14.2. The lowest BCUT2D eigenvalue weighted by molar-refractivity contribution is 0.306. The van der Waals surface area contributed by atoms with E-state index in [0.29, 0.717) is 13.2 Å². The number of aryl methyl sites for hydroxylation is 1. The van der Waals surface area contributed by atoms with Crippen LogP contribution in [0.15, 0.2) is 72.8 Å². The highest BCUT2D eigenvalue weighted by Gasteiger charge is 2.14. The third-order valence-corrected chi connectivity index (χ3v) is 5.21. The molecule has 0 aliphatic carbocycles. The standard InChI is InChI=1S/C27H29N2O2/c1-3-5-16-29-26-19-24(30-17-4-2)14-15-25(26)28-27(29)22-12-9-13-23(18-22)31-20-21-10-7-6-8-11-21/h6-15,18-19H,2-5,16-17,20H2,1H3. The van der Waals surface area contributed by atoms with Crippen LogP contribution in [0.5, 0.6) is 11.5 Å². The summed E-state index contributed by atoms with van der Waals surface area (Å²) in [5, 5.41) is 0. The Labute approximate surface area is 184 Å². The number of rotatable bonds is 10. The zero-order valence-electron chi connectivity index (χ0n) is 18.1. The maximum Gasteiger partial charge on any atom is 0.141 e. The van der Waals surface area contributed by atoms with Crippen LogP contribution in [0.25, 0.3) is 22.4 Å². The molecule has 0 aliphatic heterocycles. The zero-order chi connectivity index (χ0) is 21.5. The fourth-order valence-corrected chi connectivity index (χ4v) is 3.61. The van der Waals surface area contributed by atoms with Crippen LogP contribution in [0.4, 0.5) is 0 Å². The molecule has 0 bridgehead atoms. The second kappa shape index (κ2) is 10.2. The molecule has 1 radical (unpaired) electrons. The van der Waals surface area contributed by atoms with Crippen molar-refractivity contribution >= 4 is 11.0 Å². The van der Waals surface area contributed by atoms with Gasteiger partial charge in [-0.05, 0) is 49.6 Å². The molecule has 0 atom stereocenters. The van der Waals surface area contributed by atoms with E-state index >= 15 is 0 Å². The minimum Gasteiger partial charge on any atom is -0.494 e. The number of benzene rings is 3. The molecule has 0 saturated carbocycles. The molecule has 4 heteroatoms. The van der Waals surface area contributed by atoms with Crippen molar-refractivity contribution in [2.45, 2.75) is 39.3 Å².